The molecular weight excluding hydrogens is 527 g/mol. The number of hydrogen-bond donors (Lipinski definition) is 2. The normalized spacial score (nSPS) is 14.9. The van der Waals surface area contributed by atoms with Crippen LogP contribution in [0.2, 0.25) is 0 Å². The van der Waals surface area contributed by atoms with Crippen molar-refractivity contribution in [3.05, 3.63) is 58.5 Å². The lowest BCUT2D eigenvalue weighted by molar-refractivity contribution is -0.119. The lowest BCUT2D eigenvalue weighted by Crippen LogP contribution is -2.29. The highest BCUT2D eigenvalue weighted by Gasteiger charge is 2.53. The first-order chi connectivity index (χ1) is 16.9. The molecule has 0 aliphatic carbocycles. The van der Waals surface area contributed by atoms with Crippen molar-refractivity contribution < 1.29 is 32.6 Å². The van der Waals surface area contributed by atoms with Gasteiger partial charge < -0.3 is 9.63 Å². The van der Waals surface area contributed by atoms with Crippen LogP contribution in [0, 0.1) is 5.41 Å². The van der Waals surface area contributed by atoms with Crippen molar-refractivity contribution >= 4 is 52.1 Å². The number of carbonyl (C=O) groups excluding carboxylic acids is 2. The molecule has 198 valence electrons. The number of halogens is 2. The maximum atomic E-state index is 15.8. The fourth-order valence-electron chi connectivity index (χ4n) is 3.14. The summed E-state index contributed by atoms with van der Waals surface area (Å²) in [6, 6.07) is 5.37. The molecule has 6 nitrogen and oxygen atoms in total. The first kappa shape index (κ1) is 30.5. The Balaban J connectivity index is 2.33. The lowest BCUT2D eigenvalue weighted by Gasteiger charge is -2.28. The van der Waals surface area contributed by atoms with Gasteiger partial charge in [-0.25, -0.2) is 5.09 Å². The predicted octanol–water partition coefficient (Wildman–Crippen LogP) is 6.75. The Morgan fingerprint density at radius 3 is 2.64 bits per heavy atom. The van der Waals surface area contributed by atoms with Gasteiger partial charge in [-0.05, 0) is 56.4 Å². The molecule has 1 atom stereocenters. The summed E-state index contributed by atoms with van der Waals surface area (Å²) in [6.07, 6.45) is 6.64. The molecule has 1 aromatic heterocycles. The summed E-state index contributed by atoms with van der Waals surface area (Å²) in [6.45, 7) is 6.01. The number of carbonyl (C=O) groups is 2. The summed E-state index contributed by atoms with van der Waals surface area (Å²) < 4.78 is 51.3. The summed E-state index contributed by atoms with van der Waals surface area (Å²) in [5.41, 5.74) is -4.70. The Labute approximate surface area is 218 Å². The third-order valence-corrected chi connectivity index (χ3v) is 9.59. The molecule has 2 aromatic rings. The molecule has 2 N–H and O–H groups in total. The SMILES string of the molecule is C/C=C\C(=C/CC)CNP(=O)(OCCSC(=O)C(C)(C)CO)C(F)(F)c1ccc2sc(C=O)cc2c1. The number of aldehydes is 1. The maximum Gasteiger partial charge on any atom is 0.360 e. The third kappa shape index (κ3) is 7.43. The van der Waals surface area contributed by atoms with Crippen LogP contribution in [0.4, 0.5) is 8.78 Å². The van der Waals surface area contributed by atoms with E-state index in [1.807, 2.05) is 13.0 Å². The molecule has 2 rings (SSSR count). The van der Waals surface area contributed by atoms with Gasteiger partial charge in [-0.2, -0.15) is 8.78 Å². The lowest BCUT2D eigenvalue weighted by atomic mass is 9.97. The van der Waals surface area contributed by atoms with Crippen molar-refractivity contribution in [1.82, 2.24) is 5.09 Å². The minimum Gasteiger partial charge on any atom is -0.395 e. The fourth-order valence-corrected chi connectivity index (χ4v) is 6.60. The number of nitrogens with one attached hydrogen (secondary N) is 1. The summed E-state index contributed by atoms with van der Waals surface area (Å²) in [5.74, 6) is -0.0111. The van der Waals surface area contributed by atoms with Crippen LogP contribution in [0.3, 0.4) is 0 Å². The molecule has 0 radical (unpaired) electrons. The van der Waals surface area contributed by atoms with Crippen LogP contribution in [0.25, 0.3) is 10.1 Å². The summed E-state index contributed by atoms with van der Waals surface area (Å²) in [7, 11) is -4.83. The third-order valence-electron chi connectivity index (χ3n) is 5.24. The highest BCUT2D eigenvalue weighted by atomic mass is 32.2. The van der Waals surface area contributed by atoms with Crippen LogP contribution in [-0.2, 0) is 19.5 Å². The average Bonchev–Trinajstić information content (AvgIpc) is 3.27. The Hall–Kier alpha value is -1.68. The summed E-state index contributed by atoms with van der Waals surface area (Å²) in [5, 5.41) is 11.9. The molecule has 1 aromatic carbocycles. The quantitative estimate of drug-likeness (QED) is 0.114. The number of rotatable bonds is 14. The van der Waals surface area contributed by atoms with Gasteiger partial charge in [0.1, 0.15) is 0 Å². The highest BCUT2D eigenvalue weighted by Crippen LogP contribution is 2.63. The van der Waals surface area contributed by atoms with Gasteiger partial charge in [0.2, 0.25) is 0 Å². The van der Waals surface area contributed by atoms with Gasteiger partial charge >= 0.3 is 13.2 Å². The Kier molecular flexibility index (Phi) is 11.2. The topological polar surface area (TPSA) is 92.7 Å². The Bertz CT molecular complexity index is 1180. The number of hydrogen-bond acceptors (Lipinski definition) is 7. The molecule has 36 heavy (non-hydrogen) atoms. The van der Waals surface area contributed by atoms with Gasteiger partial charge in [0.05, 0.1) is 23.5 Å². The van der Waals surface area contributed by atoms with Crippen molar-refractivity contribution in [3.8, 4) is 0 Å². The summed E-state index contributed by atoms with van der Waals surface area (Å²) >= 11 is 2.01. The van der Waals surface area contributed by atoms with Crippen LogP contribution in [0.5, 0.6) is 0 Å². The van der Waals surface area contributed by atoms with E-state index in [1.165, 1.54) is 35.6 Å². The second kappa shape index (κ2) is 13.2. The van der Waals surface area contributed by atoms with E-state index in [9.17, 15) is 19.3 Å². The zero-order valence-corrected chi connectivity index (χ0v) is 23.3. The van der Waals surface area contributed by atoms with E-state index < -0.39 is 24.2 Å². The minimum absolute atomic E-state index is 0.0111. The molecule has 11 heteroatoms. The van der Waals surface area contributed by atoms with Crippen molar-refractivity contribution in [1.29, 1.82) is 0 Å². The number of benzene rings is 1. The highest BCUT2D eigenvalue weighted by molar-refractivity contribution is 8.13. The molecular formula is C25H32F2NO5PS2. The number of allylic oxidation sites excluding steroid dienone is 2. The largest absolute Gasteiger partial charge is 0.395 e. The van der Waals surface area contributed by atoms with E-state index in [0.29, 0.717) is 33.2 Å². The van der Waals surface area contributed by atoms with Crippen LogP contribution in [0.15, 0.2) is 48.1 Å². The first-order valence-corrected chi connectivity index (χ1v) is 14.8. The second-order valence-electron chi connectivity index (χ2n) is 8.65. The van der Waals surface area contributed by atoms with Gasteiger partial charge in [0.25, 0.3) is 0 Å². The Morgan fingerprint density at radius 1 is 1.31 bits per heavy atom. The zero-order chi connectivity index (χ0) is 27.0. The molecule has 1 unspecified atom stereocenters. The monoisotopic (exact) mass is 559 g/mol. The molecule has 1 heterocycles. The van der Waals surface area contributed by atoms with E-state index in [0.717, 1.165) is 11.8 Å². The molecule has 0 aliphatic rings. The number of thioether (sulfide) groups is 1. The number of alkyl halides is 2. The van der Waals surface area contributed by atoms with Gasteiger partial charge in [-0.3, -0.25) is 14.2 Å². The summed E-state index contributed by atoms with van der Waals surface area (Å²) in [4.78, 5) is 23.7. The molecule has 0 saturated heterocycles. The van der Waals surface area contributed by atoms with Crippen molar-refractivity contribution in [2.24, 2.45) is 5.41 Å². The van der Waals surface area contributed by atoms with Gasteiger partial charge in [0, 0.05) is 22.6 Å². The molecule has 0 aliphatic heterocycles. The minimum atomic E-state index is -4.83. The molecule has 0 fully saturated rings. The maximum absolute atomic E-state index is 15.8. The van der Waals surface area contributed by atoms with Gasteiger partial charge in [0.15, 0.2) is 11.4 Å². The zero-order valence-electron chi connectivity index (χ0n) is 20.8. The van der Waals surface area contributed by atoms with Crippen molar-refractivity contribution in [2.45, 2.75) is 39.8 Å². The van der Waals surface area contributed by atoms with Crippen LogP contribution in [0.1, 0.15) is 49.4 Å². The molecule has 0 spiro atoms. The number of thiophene rings is 1. The number of aliphatic hydroxyl groups is 1. The first-order valence-electron chi connectivity index (χ1n) is 11.4. The van der Waals surface area contributed by atoms with Gasteiger partial charge in [-0.15, -0.1) is 11.3 Å². The van der Waals surface area contributed by atoms with E-state index in [-0.39, 0.29) is 30.6 Å². The molecule has 0 saturated carbocycles. The predicted molar refractivity (Wildman–Crippen MR) is 144 cm³/mol. The van der Waals surface area contributed by atoms with Crippen molar-refractivity contribution in [2.75, 3.05) is 25.5 Å². The van der Waals surface area contributed by atoms with Gasteiger partial charge in [-0.1, -0.05) is 43.0 Å². The molecule has 0 bridgehead atoms. The standard InChI is InChI=1S/C25H32F2NO5PS2/c1-5-7-18(8-6-2)15-28-34(32,33-11-12-35-23(31)24(3,4)17-30)25(26,27)20-9-10-22-19(13-20)14-21(16-29)36-22/h5,7-10,13-14,16,30H,6,11-12,15,17H2,1-4H3,(H,28,32)/b7-5-,18-8+. The van der Waals surface area contributed by atoms with Crippen LogP contribution < -0.4 is 5.09 Å². The Morgan fingerprint density at radius 2 is 2.03 bits per heavy atom. The van der Waals surface area contributed by atoms with E-state index in [4.69, 9.17) is 4.52 Å². The number of fused-ring (bicyclic) bond motifs is 1. The second-order valence-corrected chi connectivity index (χ2v) is 13.1. The van der Waals surface area contributed by atoms with E-state index in [1.54, 1.807) is 32.9 Å². The van der Waals surface area contributed by atoms with E-state index in [2.05, 4.69) is 5.09 Å². The van der Waals surface area contributed by atoms with Crippen molar-refractivity contribution in [3.63, 3.8) is 0 Å². The van der Waals surface area contributed by atoms with Crippen LogP contribution >= 0.6 is 30.6 Å². The fraction of sp³-hybridized carbons (Fsp3) is 0.440. The average molecular weight is 560 g/mol. The number of aliphatic hydroxyl groups excluding tert-OH is 1. The molecule has 0 amide bonds. The van der Waals surface area contributed by atoms with Crippen LogP contribution in [-0.4, -0.2) is 42.0 Å². The smallest absolute Gasteiger partial charge is 0.360 e. The van der Waals surface area contributed by atoms with E-state index >= 15 is 8.78 Å².